The number of nitrogens with one attached hydrogen (secondary N) is 2. The molecule has 0 aliphatic heterocycles. The van der Waals surface area contributed by atoms with Crippen molar-refractivity contribution in [2.75, 3.05) is 26.3 Å². The average Bonchev–Trinajstić information content (AvgIpc) is 3.71. The predicted molar refractivity (Wildman–Crippen MR) is 176 cm³/mol. The van der Waals surface area contributed by atoms with E-state index < -0.39 is 0 Å². The molecule has 0 aromatic carbocycles. The highest BCUT2D eigenvalue weighted by atomic mass is 16.6. The smallest absolute Gasteiger partial charge is 0.260 e. The van der Waals surface area contributed by atoms with E-state index in [1.807, 2.05) is 54.7 Å². The maximum Gasteiger partial charge on any atom is 0.260 e. The Morgan fingerprint density at radius 3 is 1.54 bits per heavy atom. The SMILES string of the molecule is CCC(=O)Cn1cc(CC)nn1.CCC=NOCC(=O)CC.CCC=NOCC(=O)NCC.CCNC(=O)Cn1cc(CC)nn1. The van der Waals surface area contributed by atoms with E-state index in [2.05, 4.69) is 51.2 Å². The molecule has 2 amide bonds. The lowest BCUT2D eigenvalue weighted by atomic mass is 10.3. The van der Waals surface area contributed by atoms with Crippen molar-refractivity contribution in [3.63, 3.8) is 0 Å². The summed E-state index contributed by atoms with van der Waals surface area (Å²) in [6.45, 7) is 17.3. The van der Waals surface area contributed by atoms with E-state index in [0.717, 1.165) is 37.1 Å². The van der Waals surface area contributed by atoms with Crippen LogP contribution in [0.3, 0.4) is 0 Å². The molecule has 16 heteroatoms. The Labute approximate surface area is 272 Å². The van der Waals surface area contributed by atoms with E-state index in [0.29, 0.717) is 32.5 Å². The second kappa shape index (κ2) is 30.5. The first-order valence-electron chi connectivity index (χ1n) is 15.8. The Hall–Kier alpha value is -4.50. The first kappa shape index (κ1) is 43.6. The summed E-state index contributed by atoms with van der Waals surface area (Å²) in [7, 11) is 0. The Balaban J connectivity index is 0. The number of hydrogen-bond donors (Lipinski definition) is 2. The third kappa shape index (κ3) is 25.9. The number of aromatic nitrogens is 6. The number of ketones is 2. The number of Topliss-reactive ketones (excluding diaryl/α,β-unsaturated/α-hetero) is 2. The summed E-state index contributed by atoms with van der Waals surface area (Å²) >= 11 is 0. The van der Waals surface area contributed by atoms with Crippen LogP contribution < -0.4 is 10.6 Å². The van der Waals surface area contributed by atoms with Crippen LogP contribution in [0.25, 0.3) is 0 Å². The van der Waals surface area contributed by atoms with Gasteiger partial charge in [0.1, 0.15) is 13.1 Å². The van der Waals surface area contributed by atoms with Gasteiger partial charge in [-0.1, -0.05) is 62.3 Å². The molecule has 16 nitrogen and oxygen atoms in total. The molecule has 260 valence electrons. The van der Waals surface area contributed by atoms with E-state index in [1.165, 1.54) is 0 Å². The summed E-state index contributed by atoms with van der Waals surface area (Å²) in [6.07, 6.45) is 11.3. The van der Waals surface area contributed by atoms with Gasteiger partial charge in [-0.3, -0.25) is 19.2 Å². The highest BCUT2D eigenvalue weighted by molar-refractivity contribution is 5.79. The fourth-order valence-electron chi connectivity index (χ4n) is 2.66. The van der Waals surface area contributed by atoms with Crippen LogP contribution in [-0.4, -0.2) is 92.1 Å². The van der Waals surface area contributed by atoms with E-state index in [4.69, 9.17) is 0 Å². The van der Waals surface area contributed by atoms with Crippen LogP contribution in [-0.2, 0) is 54.8 Å². The Kier molecular flexibility index (Phi) is 28.9. The molecule has 0 fully saturated rings. The monoisotopic (exact) mass is 650 g/mol. The third-order valence-corrected chi connectivity index (χ3v) is 5.16. The summed E-state index contributed by atoms with van der Waals surface area (Å²) in [4.78, 5) is 52.7. The standard InChI is InChI=1S/C8H14N4O.C8H13N3O.C7H14N2O2.C7H13NO2/c1-3-7-5-12(11-10-7)6-8(13)9-4-2;1-3-7-5-11(10-9-7)6-8(12)4-2;1-3-5-9-11-6-7(10)8-4-2;1-3-5-8-10-6-7(9)4-2/h5H,3-4,6H2,1-2H3,(H,9,13);5H,3-4,6H2,1-2H3;5H,3-4,6H2,1-2H3,(H,8,10);5H,3-4,6H2,1-2H3. The number of oxime groups is 2. The molecule has 0 bridgehead atoms. The van der Waals surface area contributed by atoms with Gasteiger partial charge in [-0.15, -0.1) is 10.2 Å². The van der Waals surface area contributed by atoms with Crippen LogP contribution in [0.15, 0.2) is 22.7 Å². The van der Waals surface area contributed by atoms with Crippen LogP contribution >= 0.6 is 0 Å². The molecule has 0 spiro atoms. The van der Waals surface area contributed by atoms with Crippen molar-refractivity contribution in [3.05, 3.63) is 23.8 Å². The van der Waals surface area contributed by atoms with E-state index in [-0.39, 0.29) is 43.1 Å². The van der Waals surface area contributed by atoms with Gasteiger partial charge < -0.3 is 20.3 Å². The largest absolute Gasteiger partial charge is 0.388 e. The van der Waals surface area contributed by atoms with Crippen molar-refractivity contribution in [3.8, 4) is 0 Å². The lowest BCUT2D eigenvalue weighted by molar-refractivity contribution is -0.125. The molecule has 0 saturated carbocycles. The molecule has 2 rings (SSSR count). The summed E-state index contributed by atoms with van der Waals surface area (Å²) in [6, 6.07) is 0. The van der Waals surface area contributed by atoms with Crippen molar-refractivity contribution >= 4 is 35.8 Å². The molecule has 0 saturated heterocycles. The van der Waals surface area contributed by atoms with Gasteiger partial charge in [-0.05, 0) is 39.5 Å². The molecule has 2 heterocycles. The molecule has 0 unspecified atom stereocenters. The molecule has 2 N–H and O–H groups in total. The summed E-state index contributed by atoms with van der Waals surface area (Å²) < 4.78 is 3.13. The molecule has 46 heavy (non-hydrogen) atoms. The van der Waals surface area contributed by atoms with Gasteiger partial charge in [0.05, 0.1) is 11.4 Å². The number of hydrogen-bond acceptors (Lipinski definition) is 12. The van der Waals surface area contributed by atoms with Crippen LogP contribution in [0, 0.1) is 0 Å². The minimum absolute atomic E-state index is 0.00431. The van der Waals surface area contributed by atoms with Crippen LogP contribution in [0.5, 0.6) is 0 Å². The van der Waals surface area contributed by atoms with E-state index in [1.54, 1.807) is 34.9 Å². The van der Waals surface area contributed by atoms with Gasteiger partial charge in [0.2, 0.25) is 5.91 Å². The minimum atomic E-state index is -0.138. The first-order valence-corrected chi connectivity index (χ1v) is 15.8. The molecule has 0 radical (unpaired) electrons. The number of aryl methyl sites for hydroxylation is 2. The fraction of sp³-hybridized carbons (Fsp3) is 0.667. The minimum Gasteiger partial charge on any atom is -0.388 e. The van der Waals surface area contributed by atoms with E-state index >= 15 is 0 Å². The van der Waals surface area contributed by atoms with Gasteiger partial charge >= 0.3 is 0 Å². The lowest BCUT2D eigenvalue weighted by Gasteiger charge is -1.99. The number of carbonyl (C=O) groups excluding carboxylic acids is 4. The fourth-order valence-corrected chi connectivity index (χ4v) is 2.66. The number of carbonyl (C=O) groups is 4. The van der Waals surface area contributed by atoms with Crippen LogP contribution in [0.2, 0.25) is 0 Å². The zero-order valence-electron chi connectivity index (χ0n) is 28.8. The van der Waals surface area contributed by atoms with Crippen LogP contribution in [0.4, 0.5) is 0 Å². The maximum atomic E-state index is 11.1. The summed E-state index contributed by atoms with van der Waals surface area (Å²) in [5, 5.41) is 27.7. The molecular formula is C30H54N10O6. The number of nitrogens with zero attached hydrogens (tertiary/aromatic N) is 8. The highest BCUT2D eigenvalue weighted by Gasteiger charge is 2.04. The Morgan fingerprint density at radius 2 is 1.13 bits per heavy atom. The van der Waals surface area contributed by atoms with Crippen molar-refractivity contribution in [2.45, 2.75) is 107 Å². The molecular weight excluding hydrogens is 596 g/mol. The normalized spacial score (nSPS) is 10.1. The van der Waals surface area contributed by atoms with Gasteiger partial charge in [0.15, 0.2) is 24.8 Å². The number of likely N-dealkylation sites (N-methyl/N-ethyl adjacent to an activating group) is 2. The Bertz CT molecular complexity index is 1150. The molecule has 0 atom stereocenters. The zero-order valence-corrected chi connectivity index (χ0v) is 28.8. The maximum absolute atomic E-state index is 11.1. The zero-order chi connectivity index (χ0) is 35.0. The molecule has 2 aromatic heterocycles. The third-order valence-electron chi connectivity index (χ3n) is 5.16. The second-order valence-corrected chi connectivity index (χ2v) is 9.15. The lowest BCUT2D eigenvalue weighted by Crippen LogP contribution is -2.27. The summed E-state index contributed by atoms with van der Waals surface area (Å²) in [5.41, 5.74) is 1.84. The van der Waals surface area contributed by atoms with Crippen molar-refractivity contribution in [1.29, 1.82) is 0 Å². The summed E-state index contributed by atoms with van der Waals surface area (Å²) in [5.74, 6) is 0.0895. The molecule has 0 aliphatic rings. The van der Waals surface area contributed by atoms with Crippen LogP contribution in [0.1, 0.15) is 92.5 Å². The topological polar surface area (TPSA) is 197 Å². The average molecular weight is 651 g/mol. The Morgan fingerprint density at radius 1 is 0.674 bits per heavy atom. The first-order chi connectivity index (χ1) is 22.1. The van der Waals surface area contributed by atoms with Crippen molar-refractivity contribution in [2.24, 2.45) is 10.3 Å². The predicted octanol–water partition coefficient (Wildman–Crippen LogP) is 2.71. The van der Waals surface area contributed by atoms with Gasteiger partial charge in [0.25, 0.3) is 5.91 Å². The number of amides is 2. The van der Waals surface area contributed by atoms with Gasteiger partial charge in [-0.25, -0.2) is 9.36 Å². The second-order valence-electron chi connectivity index (χ2n) is 9.15. The van der Waals surface area contributed by atoms with Crippen molar-refractivity contribution in [1.82, 2.24) is 40.6 Å². The molecule has 0 aliphatic carbocycles. The number of rotatable bonds is 18. The van der Waals surface area contributed by atoms with Gasteiger partial charge in [-0.2, -0.15) is 0 Å². The van der Waals surface area contributed by atoms with Gasteiger partial charge in [0, 0.05) is 50.8 Å². The molecule has 2 aromatic rings. The van der Waals surface area contributed by atoms with Crippen molar-refractivity contribution < 1.29 is 28.9 Å². The highest BCUT2D eigenvalue weighted by Crippen LogP contribution is 1.95. The van der Waals surface area contributed by atoms with E-state index in [9.17, 15) is 19.2 Å². The quantitative estimate of drug-likeness (QED) is 0.179.